The number of rotatable bonds is 0. The van der Waals surface area contributed by atoms with Crippen LogP contribution >= 0.6 is 0 Å². The van der Waals surface area contributed by atoms with Gasteiger partial charge in [0.15, 0.2) is 0 Å². The summed E-state index contributed by atoms with van der Waals surface area (Å²) in [4.78, 5) is 11.9. The molecule has 1 aliphatic heterocycles. The van der Waals surface area contributed by atoms with Gasteiger partial charge in [-0.15, -0.1) is 0 Å². The van der Waals surface area contributed by atoms with Crippen molar-refractivity contribution in [2.45, 2.75) is 39.7 Å². The van der Waals surface area contributed by atoms with Gasteiger partial charge in [-0.1, -0.05) is 13.8 Å². The zero-order chi connectivity index (χ0) is 13.4. The maximum atomic E-state index is 11.9. The van der Waals surface area contributed by atoms with E-state index in [9.17, 15) is 4.79 Å². The van der Waals surface area contributed by atoms with E-state index in [-0.39, 0.29) is 11.7 Å². The van der Waals surface area contributed by atoms with Crippen LogP contribution in [-0.2, 0) is 0 Å². The molecule has 1 aromatic heterocycles. The molecule has 3 atom stereocenters. The molecule has 4 aliphatic rings. The highest BCUT2D eigenvalue weighted by molar-refractivity contribution is 5.63. The Morgan fingerprint density at radius 2 is 2.11 bits per heavy atom. The zero-order valence-corrected chi connectivity index (χ0v) is 11.5. The summed E-state index contributed by atoms with van der Waals surface area (Å²) in [5, 5.41) is 0. The van der Waals surface area contributed by atoms with Gasteiger partial charge in [0.05, 0.1) is 0 Å². The van der Waals surface area contributed by atoms with E-state index in [2.05, 4.69) is 13.8 Å². The number of fused-ring (bicyclic) bond motifs is 1. The molecule has 0 amide bonds. The lowest BCUT2D eigenvalue weighted by molar-refractivity contribution is -0.0652. The predicted octanol–water partition coefficient (Wildman–Crippen LogP) is 3.16. The summed E-state index contributed by atoms with van der Waals surface area (Å²) in [6.07, 6.45) is 4.53. The predicted molar refractivity (Wildman–Crippen MR) is 72.1 cm³/mol. The monoisotopic (exact) mass is 258 g/mol. The lowest BCUT2D eigenvalue weighted by Gasteiger charge is -2.60. The summed E-state index contributed by atoms with van der Waals surface area (Å²) in [6, 6.07) is 1.83. The van der Waals surface area contributed by atoms with Gasteiger partial charge in [-0.2, -0.15) is 0 Å². The molecule has 3 heteroatoms. The Hall–Kier alpha value is -1.51. The molecular weight excluding hydrogens is 240 g/mol. The van der Waals surface area contributed by atoms with E-state index in [0.29, 0.717) is 28.4 Å². The minimum atomic E-state index is -0.278. The molecule has 0 aromatic carbocycles. The van der Waals surface area contributed by atoms with Gasteiger partial charge in [0.2, 0.25) is 0 Å². The normalized spacial score (nSPS) is 33.4. The van der Waals surface area contributed by atoms with Gasteiger partial charge in [0, 0.05) is 6.07 Å². The minimum Gasteiger partial charge on any atom is -0.485 e. The van der Waals surface area contributed by atoms with Gasteiger partial charge >= 0.3 is 5.63 Å². The summed E-state index contributed by atoms with van der Waals surface area (Å²) in [5.41, 5.74) is 1.98. The molecule has 3 nitrogen and oxygen atoms in total. The Balaban J connectivity index is 1.86. The van der Waals surface area contributed by atoms with Crippen molar-refractivity contribution < 1.29 is 9.15 Å². The fourth-order valence-corrected chi connectivity index (χ4v) is 4.05. The molecule has 2 bridgehead atoms. The Bertz CT molecular complexity index is 650. The first-order valence-electron chi connectivity index (χ1n) is 6.99. The quantitative estimate of drug-likeness (QED) is 0.717. The number of hydrogen-bond donors (Lipinski definition) is 0. The first-order chi connectivity index (χ1) is 8.96. The van der Waals surface area contributed by atoms with Crippen molar-refractivity contribution in [1.82, 2.24) is 0 Å². The molecule has 3 fully saturated rings. The van der Waals surface area contributed by atoms with Gasteiger partial charge < -0.3 is 9.15 Å². The molecule has 3 aliphatic carbocycles. The molecule has 5 rings (SSSR count). The Kier molecular flexibility index (Phi) is 1.98. The van der Waals surface area contributed by atoms with Crippen LogP contribution in [0.15, 0.2) is 20.9 Å². The van der Waals surface area contributed by atoms with Gasteiger partial charge in [0.25, 0.3) is 0 Å². The first-order valence-corrected chi connectivity index (χ1v) is 6.99. The van der Waals surface area contributed by atoms with Crippen LogP contribution in [0.25, 0.3) is 6.08 Å². The molecule has 3 saturated carbocycles. The van der Waals surface area contributed by atoms with Crippen molar-refractivity contribution in [3.8, 4) is 5.75 Å². The standard InChI is InChI=1S/C16H18O3/c1-8-4-13-11(15(17)18-8)7-10-12-5-9(16(12,2)3)6-14(10)19-13/h4,7,9,12,14H,5-6H2,1-3H3. The summed E-state index contributed by atoms with van der Waals surface area (Å²) in [7, 11) is 0. The maximum absolute atomic E-state index is 11.9. The van der Waals surface area contributed by atoms with Crippen LogP contribution in [0.3, 0.4) is 0 Å². The summed E-state index contributed by atoms with van der Waals surface area (Å²) < 4.78 is 11.2. The third-order valence-electron chi connectivity index (χ3n) is 5.40. The minimum absolute atomic E-state index is 0.172. The van der Waals surface area contributed by atoms with E-state index in [0.717, 1.165) is 12.3 Å². The highest BCUT2D eigenvalue weighted by atomic mass is 16.5. The number of ether oxygens (including phenoxy) is 1. The van der Waals surface area contributed by atoms with E-state index < -0.39 is 0 Å². The van der Waals surface area contributed by atoms with Crippen LogP contribution in [0.2, 0.25) is 0 Å². The van der Waals surface area contributed by atoms with Gasteiger partial charge in [-0.05, 0) is 48.7 Å². The molecule has 0 radical (unpaired) electrons. The van der Waals surface area contributed by atoms with Crippen LogP contribution in [0.5, 0.6) is 5.75 Å². The van der Waals surface area contributed by atoms with Crippen molar-refractivity contribution in [3.63, 3.8) is 0 Å². The van der Waals surface area contributed by atoms with Crippen molar-refractivity contribution in [3.05, 3.63) is 33.4 Å². The third kappa shape index (κ3) is 1.36. The third-order valence-corrected chi connectivity index (χ3v) is 5.40. The average Bonchev–Trinajstić information content (AvgIpc) is 2.35. The molecule has 3 unspecified atom stereocenters. The molecular formula is C16H18O3. The van der Waals surface area contributed by atoms with E-state index in [1.54, 1.807) is 6.92 Å². The lowest BCUT2D eigenvalue weighted by Crippen LogP contribution is -2.55. The largest absolute Gasteiger partial charge is 0.485 e. The van der Waals surface area contributed by atoms with Crippen LogP contribution in [0.1, 0.15) is 38.0 Å². The fraction of sp³-hybridized carbons (Fsp3) is 0.562. The molecule has 2 heterocycles. The number of hydrogen-bond acceptors (Lipinski definition) is 3. The summed E-state index contributed by atoms with van der Waals surface area (Å²) in [5.74, 6) is 2.62. The smallest absolute Gasteiger partial charge is 0.346 e. The van der Waals surface area contributed by atoms with Crippen LogP contribution in [-0.4, -0.2) is 6.10 Å². The number of aryl methyl sites for hydroxylation is 1. The second-order valence-corrected chi connectivity index (χ2v) is 6.72. The zero-order valence-electron chi connectivity index (χ0n) is 11.5. The molecule has 0 spiro atoms. The molecule has 100 valence electrons. The van der Waals surface area contributed by atoms with E-state index in [1.807, 2.05) is 12.1 Å². The fourth-order valence-electron chi connectivity index (χ4n) is 4.05. The van der Waals surface area contributed by atoms with Crippen molar-refractivity contribution >= 4 is 6.08 Å². The van der Waals surface area contributed by atoms with Crippen molar-refractivity contribution in [2.75, 3.05) is 0 Å². The van der Waals surface area contributed by atoms with E-state index >= 15 is 0 Å². The second kappa shape index (κ2) is 3.33. The molecule has 1 aromatic rings. The van der Waals surface area contributed by atoms with E-state index in [1.165, 1.54) is 12.0 Å². The molecule has 19 heavy (non-hydrogen) atoms. The summed E-state index contributed by atoms with van der Waals surface area (Å²) in [6.45, 7) is 6.44. The highest BCUT2D eigenvalue weighted by Crippen LogP contribution is 2.62. The Labute approximate surface area is 112 Å². The lowest BCUT2D eigenvalue weighted by atomic mass is 9.46. The average molecular weight is 258 g/mol. The van der Waals surface area contributed by atoms with E-state index in [4.69, 9.17) is 9.15 Å². The van der Waals surface area contributed by atoms with Crippen LogP contribution < -0.4 is 10.4 Å². The van der Waals surface area contributed by atoms with Crippen molar-refractivity contribution in [2.24, 2.45) is 17.3 Å². The Morgan fingerprint density at radius 1 is 1.32 bits per heavy atom. The van der Waals surface area contributed by atoms with Crippen molar-refractivity contribution in [1.29, 1.82) is 0 Å². The van der Waals surface area contributed by atoms with Crippen LogP contribution in [0, 0.1) is 24.2 Å². The Morgan fingerprint density at radius 3 is 2.84 bits per heavy atom. The molecule has 0 N–H and O–H groups in total. The SMILES string of the molecule is Cc1cc2c(c(=O)o1)C=C1C(CC3CC1C3(C)C)O2. The second-order valence-electron chi connectivity index (χ2n) is 6.72. The van der Waals surface area contributed by atoms with Gasteiger partial charge in [-0.25, -0.2) is 4.79 Å². The first kappa shape index (κ1) is 11.3. The molecule has 0 saturated heterocycles. The maximum Gasteiger partial charge on any atom is 0.346 e. The highest BCUT2D eigenvalue weighted by Gasteiger charge is 2.56. The topological polar surface area (TPSA) is 39.4 Å². The van der Waals surface area contributed by atoms with Crippen LogP contribution in [0.4, 0.5) is 0 Å². The summed E-state index contributed by atoms with van der Waals surface area (Å²) >= 11 is 0. The van der Waals surface area contributed by atoms with Gasteiger partial charge in [0.1, 0.15) is 23.2 Å². The van der Waals surface area contributed by atoms with Gasteiger partial charge in [-0.3, -0.25) is 0 Å².